The fourth-order valence-corrected chi connectivity index (χ4v) is 3.12. The van der Waals surface area contributed by atoms with Crippen LogP contribution in [0.2, 0.25) is 0 Å². The van der Waals surface area contributed by atoms with E-state index in [2.05, 4.69) is 44.1 Å². The smallest absolute Gasteiger partial charge is 0.234 e. The standard InChI is InChI=1S/C19H34N8O/c1-5-7-20-19(21-8-9-27-15-22-24-17(27)6-2)26-12-10-25(11-13-26)14-18(28)23-16(3)4/h5,15-16H,1,6-14H2,2-4H3,(H,20,21)(H,23,28). The average molecular weight is 391 g/mol. The van der Waals surface area contributed by atoms with E-state index < -0.39 is 0 Å². The first-order valence-electron chi connectivity index (χ1n) is 10.1. The van der Waals surface area contributed by atoms with Gasteiger partial charge in [0.2, 0.25) is 5.91 Å². The summed E-state index contributed by atoms with van der Waals surface area (Å²) in [4.78, 5) is 21.2. The number of rotatable bonds is 9. The number of guanidine groups is 1. The number of nitrogens with zero attached hydrogens (tertiary/aromatic N) is 6. The van der Waals surface area contributed by atoms with E-state index in [9.17, 15) is 4.79 Å². The first kappa shape index (κ1) is 21.9. The van der Waals surface area contributed by atoms with Gasteiger partial charge >= 0.3 is 0 Å². The van der Waals surface area contributed by atoms with Crippen LogP contribution in [0.3, 0.4) is 0 Å². The van der Waals surface area contributed by atoms with Gasteiger partial charge in [-0.1, -0.05) is 13.0 Å². The van der Waals surface area contributed by atoms with E-state index in [0.29, 0.717) is 19.6 Å². The number of aryl methyl sites for hydroxylation is 1. The zero-order chi connectivity index (χ0) is 20.4. The number of hydrogen-bond donors (Lipinski definition) is 2. The van der Waals surface area contributed by atoms with Gasteiger partial charge in [0.05, 0.1) is 13.1 Å². The van der Waals surface area contributed by atoms with E-state index >= 15 is 0 Å². The van der Waals surface area contributed by atoms with E-state index in [0.717, 1.165) is 50.9 Å². The molecule has 0 saturated carbocycles. The van der Waals surface area contributed by atoms with Crippen molar-refractivity contribution < 1.29 is 4.79 Å². The van der Waals surface area contributed by atoms with E-state index in [-0.39, 0.29) is 11.9 Å². The van der Waals surface area contributed by atoms with E-state index in [1.165, 1.54) is 0 Å². The highest BCUT2D eigenvalue weighted by atomic mass is 16.2. The Bertz CT molecular complexity index is 646. The summed E-state index contributed by atoms with van der Waals surface area (Å²) >= 11 is 0. The molecule has 0 bridgehead atoms. The van der Waals surface area contributed by atoms with Crippen molar-refractivity contribution in [1.29, 1.82) is 0 Å². The molecule has 1 fully saturated rings. The molecule has 1 amide bonds. The quantitative estimate of drug-likeness (QED) is 0.353. The van der Waals surface area contributed by atoms with Crippen molar-refractivity contribution in [3.05, 3.63) is 24.8 Å². The Balaban J connectivity index is 1.87. The van der Waals surface area contributed by atoms with Gasteiger partial charge in [0.1, 0.15) is 12.2 Å². The highest BCUT2D eigenvalue weighted by molar-refractivity contribution is 5.80. The minimum atomic E-state index is 0.0859. The Morgan fingerprint density at radius 2 is 2.11 bits per heavy atom. The summed E-state index contributed by atoms with van der Waals surface area (Å²) in [6.07, 6.45) is 4.45. The molecule has 2 rings (SSSR count). The molecule has 2 heterocycles. The Kier molecular flexibility index (Phi) is 8.93. The van der Waals surface area contributed by atoms with E-state index in [4.69, 9.17) is 4.99 Å². The zero-order valence-corrected chi connectivity index (χ0v) is 17.4. The van der Waals surface area contributed by atoms with Gasteiger partial charge in [-0.2, -0.15) is 0 Å². The normalized spacial score (nSPS) is 15.7. The fraction of sp³-hybridized carbons (Fsp3) is 0.684. The van der Waals surface area contributed by atoms with Gasteiger partial charge in [0.25, 0.3) is 0 Å². The van der Waals surface area contributed by atoms with Gasteiger partial charge in [-0.05, 0) is 13.8 Å². The molecular weight excluding hydrogens is 356 g/mol. The molecule has 1 aliphatic heterocycles. The lowest BCUT2D eigenvalue weighted by Crippen LogP contribution is -2.54. The van der Waals surface area contributed by atoms with Gasteiger partial charge in [-0.25, -0.2) is 0 Å². The molecule has 0 atom stereocenters. The third-order valence-corrected chi connectivity index (χ3v) is 4.51. The van der Waals surface area contributed by atoms with Gasteiger partial charge in [0, 0.05) is 51.7 Å². The molecule has 156 valence electrons. The van der Waals surface area contributed by atoms with Crippen molar-refractivity contribution in [1.82, 2.24) is 35.2 Å². The highest BCUT2D eigenvalue weighted by Crippen LogP contribution is 2.03. The molecule has 2 N–H and O–H groups in total. The fourth-order valence-electron chi connectivity index (χ4n) is 3.12. The number of carbonyl (C=O) groups excluding carboxylic acids is 1. The number of nitrogens with one attached hydrogen (secondary N) is 2. The summed E-state index contributed by atoms with van der Waals surface area (Å²) in [5.41, 5.74) is 0. The number of carbonyl (C=O) groups is 1. The van der Waals surface area contributed by atoms with Crippen molar-refractivity contribution in [3.8, 4) is 0 Å². The largest absolute Gasteiger partial charge is 0.353 e. The second-order valence-electron chi connectivity index (χ2n) is 7.15. The van der Waals surface area contributed by atoms with Crippen LogP contribution in [0.1, 0.15) is 26.6 Å². The third kappa shape index (κ3) is 6.95. The first-order chi connectivity index (χ1) is 13.5. The molecule has 1 aliphatic rings. The molecule has 1 aromatic rings. The molecule has 1 aromatic heterocycles. The van der Waals surface area contributed by atoms with E-state index in [1.807, 2.05) is 24.5 Å². The Morgan fingerprint density at radius 1 is 1.36 bits per heavy atom. The molecule has 1 saturated heterocycles. The topological polar surface area (TPSA) is 90.7 Å². The van der Waals surface area contributed by atoms with Crippen LogP contribution in [0, 0.1) is 0 Å². The van der Waals surface area contributed by atoms with Crippen LogP contribution in [0.25, 0.3) is 0 Å². The van der Waals surface area contributed by atoms with Gasteiger partial charge in [-0.3, -0.25) is 14.7 Å². The Labute approximate surface area is 167 Å². The summed E-state index contributed by atoms with van der Waals surface area (Å²) < 4.78 is 2.04. The number of piperazine rings is 1. The number of amides is 1. The SMILES string of the molecule is C=CCNC(=NCCn1cnnc1CC)N1CCN(CC(=O)NC(C)C)CC1. The van der Waals surface area contributed by atoms with Crippen molar-refractivity contribution in [2.24, 2.45) is 4.99 Å². The van der Waals surface area contributed by atoms with Crippen LogP contribution in [-0.4, -0.2) is 88.3 Å². The summed E-state index contributed by atoms with van der Waals surface area (Å²) in [5.74, 6) is 1.95. The predicted molar refractivity (Wildman–Crippen MR) is 111 cm³/mol. The van der Waals surface area contributed by atoms with Crippen LogP contribution in [0.15, 0.2) is 24.0 Å². The summed E-state index contributed by atoms with van der Waals surface area (Å²) in [5, 5.41) is 14.4. The van der Waals surface area contributed by atoms with Crippen molar-refractivity contribution in [2.75, 3.05) is 45.8 Å². The lowest BCUT2D eigenvalue weighted by molar-refractivity contribution is -0.123. The van der Waals surface area contributed by atoms with Crippen LogP contribution in [0.4, 0.5) is 0 Å². The Hall–Kier alpha value is -2.42. The van der Waals surface area contributed by atoms with Crippen molar-refractivity contribution >= 4 is 11.9 Å². The van der Waals surface area contributed by atoms with Crippen LogP contribution < -0.4 is 10.6 Å². The second kappa shape index (κ2) is 11.4. The van der Waals surface area contributed by atoms with Gasteiger partial charge < -0.3 is 20.1 Å². The summed E-state index contributed by atoms with van der Waals surface area (Å²) in [6, 6.07) is 0.176. The maximum atomic E-state index is 12.0. The number of hydrogen-bond acceptors (Lipinski definition) is 5. The maximum Gasteiger partial charge on any atom is 0.234 e. The molecular formula is C19H34N8O. The monoisotopic (exact) mass is 390 g/mol. The minimum Gasteiger partial charge on any atom is -0.353 e. The first-order valence-corrected chi connectivity index (χ1v) is 10.1. The molecule has 9 nitrogen and oxygen atoms in total. The third-order valence-electron chi connectivity index (χ3n) is 4.51. The second-order valence-corrected chi connectivity index (χ2v) is 7.15. The van der Waals surface area contributed by atoms with E-state index in [1.54, 1.807) is 6.33 Å². The predicted octanol–water partition coefficient (Wildman–Crippen LogP) is 0.114. The summed E-state index contributed by atoms with van der Waals surface area (Å²) in [7, 11) is 0. The zero-order valence-electron chi connectivity index (χ0n) is 17.4. The molecule has 0 spiro atoms. The number of aliphatic imine (C=N–C) groups is 1. The lowest BCUT2D eigenvalue weighted by atomic mass is 10.3. The van der Waals surface area contributed by atoms with Gasteiger partial charge in [0.15, 0.2) is 5.96 Å². The van der Waals surface area contributed by atoms with Gasteiger partial charge in [-0.15, -0.1) is 16.8 Å². The molecule has 9 heteroatoms. The molecule has 0 radical (unpaired) electrons. The van der Waals surface area contributed by atoms with Crippen LogP contribution >= 0.6 is 0 Å². The van der Waals surface area contributed by atoms with Crippen molar-refractivity contribution in [3.63, 3.8) is 0 Å². The number of aromatic nitrogens is 3. The molecule has 28 heavy (non-hydrogen) atoms. The van der Waals surface area contributed by atoms with Crippen LogP contribution in [-0.2, 0) is 17.8 Å². The Morgan fingerprint density at radius 3 is 2.75 bits per heavy atom. The maximum absolute atomic E-state index is 12.0. The summed E-state index contributed by atoms with van der Waals surface area (Å²) in [6.45, 7) is 15.7. The lowest BCUT2D eigenvalue weighted by Gasteiger charge is -2.36. The van der Waals surface area contributed by atoms with Crippen molar-refractivity contribution in [2.45, 2.75) is 39.8 Å². The average Bonchev–Trinajstić information content (AvgIpc) is 3.12. The minimum absolute atomic E-state index is 0.0859. The molecule has 0 unspecified atom stereocenters. The van der Waals surface area contributed by atoms with Crippen LogP contribution in [0.5, 0.6) is 0 Å². The molecule has 0 aliphatic carbocycles. The molecule has 0 aromatic carbocycles. The highest BCUT2D eigenvalue weighted by Gasteiger charge is 2.21.